The second-order valence-corrected chi connectivity index (χ2v) is 8.61. The minimum Gasteiger partial charge on any atom is -0.497 e. The van der Waals surface area contributed by atoms with Crippen LogP contribution in [-0.2, 0) is 22.3 Å². The molecular weight excluding hydrogens is 402 g/mol. The molecule has 0 bridgehead atoms. The van der Waals surface area contributed by atoms with Crippen molar-refractivity contribution < 1.29 is 18.5 Å². The lowest BCUT2D eigenvalue weighted by atomic mass is 10.1. The van der Waals surface area contributed by atoms with E-state index in [0.717, 1.165) is 28.1 Å². The Balaban J connectivity index is 1.78. The van der Waals surface area contributed by atoms with Crippen LogP contribution in [0.15, 0.2) is 36.4 Å². The van der Waals surface area contributed by atoms with E-state index >= 15 is 0 Å². The highest BCUT2D eigenvalue weighted by atomic mass is 32.2. The van der Waals surface area contributed by atoms with Crippen molar-refractivity contribution in [3.8, 4) is 17.2 Å². The molecule has 0 radical (unpaired) electrons. The van der Waals surface area contributed by atoms with Crippen molar-refractivity contribution in [1.29, 1.82) is 0 Å². The fourth-order valence-corrected chi connectivity index (χ4v) is 4.82. The molecule has 1 aromatic heterocycles. The van der Waals surface area contributed by atoms with E-state index in [2.05, 4.69) is 10.4 Å². The highest BCUT2D eigenvalue weighted by Gasteiger charge is 2.29. The van der Waals surface area contributed by atoms with E-state index in [4.69, 9.17) is 9.47 Å². The van der Waals surface area contributed by atoms with Gasteiger partial charge in [0.15, 0.2) is 0 Å². The van der Waals surface area contributed by atoms with Crippen LogP contribution in [0.1, 0.15) is 32.7 Å². The summed E-state index contributed by atoms with van der Waals surface area (Å²) in [7, 11) is 2.05. The fraction of sp³-hybridized carbons (Fsp3) is 0.273. The zero-order valence-corrected chi connectivity index (χ0v) is 18.1. The summed E-state index contributed by atoms with van der Waals surface area (Å²) in [5.74, 6) is 1.98. The number of ether oxygens (including phenoxy) is 2. The average Bonchev–Trinajstić information content (AvgIpc) is 3.26. The Labute approximate surface area is 177 Å². The smallest absolute Gasteiger partial charge is 0.260 e. The first-order chi connectivity index (χ1) is 14.4. The molecule has 4 rings (SSSR count). The Bertz CT molecular complexity index is 1170. The number of aryl methyl sites for hydroxylation is 1. The van der Waals surface area contributed by atoms with Gasteiger partial charge in [-0.2, -0.15) is 5.10 Å². The lowest BCUT2D eigenvalue weighted by Gasteiger charge is -2.15. The van der Waals surface area contributed by atoms with Crippen molar-refractivity contribution in [2.45, 2.75) is 25.4 Å². The number of amides is 1. The monoisotopic (exact) mass is 425 g/mol. The standard InChI is InChI=1S/C22H23N3O4S/c1-13-6-5-7-19(14(13)2)25-21(17-11-30(27)12-18(17)24-25)23-22(26)16-9-8-15(28-3)10-20(16)29-4/h5-10H,11-12H2,1-4H3,(H,23,26)/t30-/m1/s1. The van der Waals surface area contributed by atoms with Crippen LogP contribution < -0.4 is 14.8 Å². The van der Waals surface area contributed by atoms with Gasteiger partial charge in [0.25, 0.3) is 5.91 Å². The third-order valence-electron chi connectivity index (χ3n) is 5.36. The Morgan fingerprint density at radius 3 is 2.67 bits per heavy atom. The normalized spacial score (nSPS) is 15.0. The molecule has 0 saturated heterocycles. The minimum atomic E-state index is -1.01. The van der Waals surface area contributed by atoms with Crippen molar-refractivity contribution in [2.75, 3.05) is 19.5 Å². The Morgan fingerprint density at radius 2 is 1.93 bits per heavy atom. The van der Waals surface area contributed by atoms with Gasteiger partial charge in [0.1, 0.15) is 17.3 Å². The SMILES string of the molecule is COc1ccc(C(=O)Nc2c3c(nn2-c2cccc(C)c2C)C[S@](=O)C3)c(OC)c1. The van der Waals surface area contributed by atoms with Crippen LogP contribution in [0.25, 0.3) is 5.69 Å². The van der Waals surface area contributed by atoms with Gasteiger partial charge in [0.05, 0.1) is 42.7 Å². The maximum atomic E-state index is 13.2. The highest BCUT2D eigenvalue weighted by Crippen LogP contribution is 2.34. The molecular formula is C22H23N3O4S. The first-order valence-electron chi connectivity index (χ1n) is 9.48. The molecule has 0 spiro atoms. The molecule has 7 nitrogen and oxygen atoms in total. The number of aromatic nitrogens is 2. The zero-order valence-electron chi connectivity index (χ0n) is 17.3. The van der Waals surface area contributed by atoms with Crippen LogP contribution in [0, 0.1) is 13.8 Å². The number of methoxy groups -OCH3 is 2. The average molecular weight is 426 g/mol. The van der Waals surface area contributed by atoms with E-state index in [1.807, 2.05) is 32.0 Å². The van der Waals surface area contributed by atoms with Gasteiger partial charge in [-0.05, 0) is 43.2 Å². The number of fused-ring (bicyclic) bond motifs is 1. The van der Waals surface area contributed by atoms with E-state index in [0.29, 0.717) is 34.4 Å². The summed E-state index contributed by atoms with van der Waals surface area (Å²) in [5.41, 5.74) is 5.02. The van der Waals surface area contributed by atoms with Gasteiger partial charge in [-0.15, -0.1) is 0 Å². The molecule has 30 heavy (non-hydrogen) atoms. The summed E-state index contributed by atoms with van der Waals surface area (Å²) in [6, 6.07) is 11.0. The summed E-state index contributed by atoms with van der Waals surface area (Å²) in [6.07, 6.45) is 0. The molecule has 0 aliphatic carbocycles. The molecule has 1 aliphatic heterocycles. The quantitative estimate of drug-likeness (QED) is 0.676. The third kappa shape index (κ3) is 3.47. The molecule has 1 atom stereocenters. The number of hydrogen-bond acceptors (Lipinski definition) is 5. The van der Waals surface area contributed by atoms with Gasteiger partial charge in [-0.1, -0.05) is 12.1 Å². The van der Waals surface area contributed by atoms with Crippen molar-refractivity contribution in [2.24, 2.45) is 0 Å². The first-order valence-corrected chi connectivity index (χ1v) is 11.0. The molecule has 1 N–H and O–H groups in total. The van der Waals surface area contributed by atoms with Crippen LogP contribution in [0.3, 0.4) is 0 Å². The predicted molar refractivity (Wildman–Crippen MR) is 116 cm³/mol. The molecule has 2 aromatic carbocycles. The number of rotatable bonds is 5. The minimum absolute atomic E-state index is 0.332. The maximum Gasteiger partial charge on any atom is 0.260 e. The largest absolute Gasteiger partial charge is 0.497 e. The van der Waals surface area contributed by atoms with E-state index in [9.17, 15) is 9.00 Å². The number of anilines is 1. The zero-order chi connectivity index (χ0) is 21.4. The summed E-state index contributed by atoms with van der Waals surface area (Å²) in [4.78, 5) is 13.2. The summed E-state index contributed by atoms with van der Waals surface area (Å²) in [5, 5.41) is 7.68. The molecule has 3 aromatic rings. The lowest BCUT2D eigenvalue weighted by Crippen LogP contribution is -2.18. The number of carbonyl (C=O) groups is 1. The molecule has 1 amide bonds. The number of hydrogen-bond donors (Lipinski definition) is 1. The molecule has 0 saturated carbocycles. The number of carbonyl (C=O) groups excluding carboxylic acids is 1. The van der Waals surface area contributed by atoms with Crippen LogP contribution in [0.5, 0.6) is 11.5 Å². The van der Waals surface area contributed by atoms with E-state index in [1.165, 1.54) is 7.11 Å². The van der Waals surface area contributed by atoms with Crippen LogP contribution in [-0.4, -0.2) is 34.1 Å². The Kier molecular flexibility index (Phi) is 5.34. The maximum absolute atomic E-state index is 13.2. The van der Waals surface area contributed by atoms with Crippen LogP contribution in [0.2, 0.25) is 0 Å². The van der Waals surface area contributed by atoms with Crippen molar-refractivity contribution in [3.05, 3.63) is 64.3 Å². The summed E-state index contributed by atoms with van der Waals surface area (Å²) < 4.78 is 24.5. The van der Waals surface area contributed by atoms with E-state index < -0.39 is 10.8 Å². The molecule has 0 fully saturated rings. The highest BCUT2D eigenvalue weighted by molar-refractivity contribution is 7.83. The predicted octanol–water partition coefficient (Wildman–Crippen LogP) is 3.52. The van der Waals surface area contributed by atoms with Crippen molar-refractivity contribution in [3.63, 3.8) is 0 Å². The van der Waals surface area contributed by atoms with Gasteiger partial charge in [-0.25, -0.2) is 4.68 Å². The fourth-order valence-electron chi connectivity index (χ4n) is 3.56. The first kappa shape index (κ1) is 20.2. The molecule has 8 heteroatoms. The van der Waals surface area contributed by atoms with E-state index in [-0.39, 0.29) is 5.91 Å². The third-order valence-corrected chi connectivity index (χ3v) is 6.57. The lowest BCUT2D eigenvalue weighted by molar-refractivity contribution is 0.102. The van der Waals surface area contributed by atoms with Crippen LogP contribution in [0.4, 0.5) is 5.82 Å². The number of benzene rings is 2. The number of nitrogens with zero attached hydrogens (tertiary/aromatic N) is 2. The van der Waals surface area contributed by atoms with E-state index in [1.54, 1.807) is 30.0 Å². The topological polar surface area (TPSA) is 82.5 Å². The summed E-state index contributed by atoms with van der Waals surface area (Å²) >= 11 is 0. The second kappa shape index (κ2) is 7.95. The van der Waals surface area contributed by atoms with Crippen molar-refractivity contribution in [1.82, 2.24) is 9.78 Å². The van der Waals surface area contributed by atoms with Crippen molar-refractivity contribution >= 4 is 22.5 Å². The molecule has 156 valence electrons. The Morgan fingerprint density at radius 1 is 1.13 bits per heavy atom. The Hall–Kier alpha value is -3.13. The van der Waals surface area contributed by atoms with Gasteiger partial charge < -0.3 is 14.8 Å². The second-order valence-electron chi connectivity index (χ2n) is 7.15. The van der Waals surface area contributed by atoms with Crippen LogP contribution >= 0.6 is 0 Å². The van der Waals surface area contributed by atoms with Gasteiger partial charge in [0.2, 0.25) is 0 Å². The molecule has 1 aliphatic rings. The van der Waals surface area contributed by atoms with Gasteiger partial charge >= 0.3 is 0 Å². The van der Waals surface area contributed by atoms with Gasteiger partial charge in [0, 0.05) is 22.4 Å². The van der Waals surface area contributed by atoms with Gasteiger partial charge in [-0.3, -0.25) is 9.00 Å². The molecule has 2 heterocycles. The molecule has 0 unspecified atom stereocenters. The summed E-state index contributed by atoms with van der Waals surface area (Å²) in [6.45, 7) is 4.05. The number of nitrogens with one attached hydrogen (secondary N) is 1.